The Morgan fingerprint density at radius 3 is 3.11 bits per heavy atom. The highest BCUT2D eigenvalue weighted by atomic mass is 16.5. The number of ether oxygens (including phenoxy) is 2. The maximum Gasteiger partial charge on any atom is 0.234 e. The van der Waals surface area contributed by atoms with Crippen molar-refractivity contribution >= 4 is 5.91 Å². The first-order chi connectivity index (χ1) is 9.24. The largest absolute Gasteiger partial charge is 0.378 e. The zero-order valence-corrected chi connectivity index (χ0v) is 11.7. The van der Waals surface area contributed by atoms with Crippen molar-refractivity contribution < 1.29 is 14.3 Å². The molecule has 1 unspecified atom stereocenters. The molecule has 2 rings (SSSR count). The van der Waals surface area contributed by atoms with Crippen molar-refractivity contribution in [1.29, 1.82) is 0 Å². The lowest BCUT2D eigenvalue weighted by Gasteiger charge is -2.26. The predicted octanol–water partition coefficient (Wildman–Crippen LogP) is -0.797. The summed E-state index contributed by atoms with van der Waals surface area (Å²) < 4.78 is 10.9. The van der Waals surface area contributed by atoms with E-state index in [9.17, 15) is 4.79 Å². The van der Waals surface area contributed by atoms with Crippen LogP contribution in [0.1, 0.15) is 12.8 Å². The summed E-state index contributed by atoms with van der Waals surface area (Å²) in [5, 5.41) is 6.31. The van der Waals surface area contributed by atoms with Gasteiger partial charge in [0.1, 0.15) is 5.60 Å². The molecule has 2 N–H and O–H groups in total. The molecular weight excluding hydrogens is 246 g/mol. The number of carbonyl (C=O) groups excluding carboxylic acids is 1. The number of nitrogens with zero attached hydrogens (tertiary/aromatic N) is 1. The van der Waals surface area contributed by atoms with Gasteiger partial charge < -0.3 is 20.1 Å². The summed E-state index contributed by atoms with van der Waals surface area (Å²) in [6.45, 7) is 6.21. The van der Waals surface area contributed by atoms with E-state index in [0.29, 0.717) is 26.3 Å². The van der Waals surface area contributed by atoms with Crippen molar-refractivity contribution in [2.75, 3.05) is 59.6 Å². The zero-order valence-electron chi connectivity index (χ0n) is 11.7. The minimum atomic E-state index is -0.323. The molecule has 1 amide bonds. The molecule has 110 valence electrons. The SMILES string of the molecule is COC1(CNC(=O)CN2CCCNCC2)CCOC1. The molecule has 0 spiro atoms. The first kappa shape index (κ1) is 14.7. The summed E-state index contributed by atoms with van der Waals surface area (Å²) in [4.78, 5) is 14.2. The molecule has 0 aromatic carbocycles. The molecule has 19 heavy (non-hydrogen) atoms. The summed E-state index contributed by atoms with van der Waals surface area (Å²) >= 11 is 0. The van der Waals surface area contributed by atoms with Crippen LogP contribution in [0.5, 0.6) is 0 Å². The van der Waals surface area contributed by atoms with E-state index in [0.717, 1.165) is 39.0 Å². The molecule has 1 atom stereocenters. The quantitative estimate of drug-likeness (QED) is 0.686. The van der Waals surface area contributed by atoms with Crippen LogP contribution in [0.4, 0.5) is 0 Å². The van der Waals surface area contributed by atoms with Gasteiger partial charge in [0.25, 0.3) is 0 Å². The highest BCUT2D eigenvalue weighted by molar-refractivity contribution is 5.78. The number of hydrogen-bond donors (Lipinski definition) is 2. The normalized spacial score (nSPS) is 29.1. The Kier molecular flexibility index (Phi) is 5.57. The second-order valence-corrected chi connectivity index (χ2v) is 5.35. The highest BCUT2D eigenvalue weighted by Gasteiger charge is 2.35. The first-order valence-corrected chi connectivity index (χ1v) is 7.07. The molecule has 0 bridgehead atoms. The van der Waals surface area contributed by atoms with E-state index in [1.54, 1.807) is 7.11 Å². The highest BCUT2D eigenvalue weighted by Crippen LogP contribution is 2.21. The Hall–Kier alpha value is -0.690. The molecule has 6 nitrogen and oxygen atoms in total. The minimum absolute atomic E-state index is 0.0743. The molecule has 0 aliphatic carbocycles. The van der Waals surface area contributed by atoms with Gasteiger partial charge in [-0.15, -0.1) is 0 Å². The fourth-order valence-corrected chi connectivity index (χ4v) is 2.54. The molecule has 2 saturated heterocycles. The number of carbonyl (C=O) groups is 1. The summed E-state index contributed by atoms with van der Waals surface area (Å²) in [7, 11) is 1.68. The Bertz CT molecular complexity index is 285. The Balaban J connectivity index is 1.71. The van der Waals surface area contributed by atoms with Crippen LogP contribution in [0.15, 0.2) is 0 Å². The number of hydrogen-bond acceptors (Lipinski definition) is 5. The zero-order chi connectivity index (χ0) is 13.6. The van der Waals surface area contributed by atoms with E-state index < -0.39 is 0 Å². The van der Waals surface area contributed by atoms with Crippen molar-refractivity contribution in [2.45, 2.75) is 18.4 Å². The third-order valence-electron chi connectivity index (χ3n) is 3.91. The van der Waals surface area contributed by atoms with Crippen molar-refractivity contribution in [3.05, 3.63) is 0 Å². The van der Waals surface area contributed by atoms with Gasteiger partial charge in [-0.25, -0.2) is 0 Å². The van der Waals surface area contributed by atoms with Crippen LogP contribution in [-0.4, -0.2) is 76.0 Å². The average molecular weight is 271 g/mol. The topological polar surface area (TPSA) is 62.8 Å². The van der Waals surface area contributed by atoms with Gasteiger partial charge in [-0.3, -0.25) is 9.69 Å². The van der Waals surface area contributed by atoms with Crippen LogP contribution in [0.3, 0.4) is 0 Å². The summed E-state index contributed by atoms with van der Waals surface area (Å²) in [6, 6.07) is 0. The van der Waals surface area contributed by atoms with Gasteiger partial charge in [0, 0.05) is 39.8 Å². The maximum atomic E-state index is 12.0. The van der Waals surface area contributed by atoms with Crippen LogP contribution in [-0.2, 0) is 14.3 Å². The fraction of sp³-hybridized carbons (Fsp3) is 0.923. The predicted molar refractivity (Wildman–Crippen MR) is 72.1 cm³/mol. The van der Waals surface area contributed by atoms with E-state index in [1.165, 1.54) is 0 Å². The molecule has 2 aliphatic rings. The summed E-state index contributed by atoms with van der Waals surface area (Å²) in [5.74, 6) is 0.0743. The summed E-state index contributed by atoms with van der Waals surface area (Å²) in [5.41, 5.74) is -0.323. The van der Waals surface area contributed by atoms with Crippen LogP contribution in [0, 0.1) is 0 Å². The molecule has 6 heteroatoms. The van der Waals surface area contributed by atoms with Gasteiger partial charge in [-0.2, -0.15) is 0 Å². The Morgan fingerprint density at radius 1 is 1.47 bits per heavy atom. The van der Waals surface area contributed by atoms with Crippen LogP contribution in [0.2, 0.25) is 0 Å². The second-order valence-electron chi connectivity index (χ2n) is 5.35. The monoisotopic (exact) mass is 271 g/mol. The van der Waals surface area contributed by atoms with Gasteiger partial charge in [0.15, 0.2) is 0 Å². The van der Waals surface area contributed by atoms with E-state index >= 15 is 0 Å². The average Bonchev–Trinajstić information content (AvgIpc) is 2.75. The van der Waals surface area contributed by atoms with Crippen molar-refractivity contribution in [1.82, 2.24) is 15.5 Å². The molecular formula is C13H25N3O3. The van der Waals surface area contributed by atoms with Crippen LogP contribution >= 0.6 is 0 Å². The number of methoxy groups -OCH3 is 1. The molecule has 0 saturated carbocycles. The first-order valence-electron chi connectivity index (χ1n) is 7.07. The van der Waals surface area contributed by atoms with Crippen molar-refractivity contribution in [3.8, 4) is 0 Å². The minimum Gasteiger partial charge on any atom is -0.378 e. The number of amides is 1. The maximum absolute atomic E-state index is 12.0. The van der Waals surface area contributed by atoms with E-state index in [2.05, 4.69) is 15.5 Å². The fourth-order valence-electron chi connectivity index (χ4n) is 2.54. The van der Waals surface area contributed by atoms with Gasteiger partial charge in [0.05, 0.1) is 13.2 Å². The van der Waals surface area contributed by atoms with Gasteiger partial charge in [-0.1, -0.05) is 0 Å². The molecule has 0 aromatic heterocycles. The van der Waals surface area contributed by atoms with E-state index in [-0.39, 0.29) is 11.5 Å². The Morgan fingerprint density at radius 2 is 2.37 bits per heavy atom. The smallest absolute Gasteiger partial charge is 0.234 e. The van der Waals surface area contributed by atoms with Crippen LogP contribution < -0.4 is 10.6 Å². The molecule has 2 heterocycles. The molecule has 2 fully saturated rings. The van der Waals surface area contributed by atoms with Gasteiger partial charge >= 0.3 is 0 Å². The lowest BCUT2D eigenvalue weighted by molar-refractivity contribution is -0.123. The standard InChI is InChI=1S/C13H25N3O3/c1-18-13(3-8-19-11-13)10-15-12(17)9-16-6-2-4-14-5-7-16/h14H,2-11H2,1H3,(H,15,17). The van der Waals surface area contributed by atoms with Crippen LogP contribution in [0.25, 0.3) is 0 Å². The molecule has 2 aliphatic heterocycles. The van der Waals surface area contributed by atoms with Gasteiger partial charge in [0.2, 0.25) is 5.91 Å². The van der Waals surface area contributed by atoms with Gasteiger partial charge in [-0.05, 0) is 19.5 Å². The van der Waals surface area contributed by atoms with Crippen molar-refractivity contribution in [3.63, 3.8) is 0 Å². The van der Waals surface area contributed by atoms with E-state index in [1.807, 2.05) is 0 Å². The second kappa shape index (κ2) is 7.19. The third-order valence-corrected chi connectivity index (χ3v) is 3.91. The Labute approximate surface area is 114 Å². The lowest BCUT2D eigenvalue weighted by Crippen LogP contribution is -2.47. The molecule has 0 radical (unpaired) electrons. The summed E-state index contributed by atoms with van der Waals surface area (Å²) in [6.07, 6.45) is 1.94. The van der Waals surface area contributed by atoms with Crippen molar-refractivity contribution in [2.24, 2.45) is 0 Å². The lowest BCUT2D eigenvalue weighted by atomic mass is 10.0. The number of nitrogens with one attached hydrogen (secondary N) is 2. The number of rotatable bonds is 5. The molecule has 0 aromatic rings. The third kappa shape index (κ3) is 4.42. The van der Waals surface area contributed by atoms with E-state index in [4.69, 9.17) is 9.47 Å².